The molecule has 1 aromatic carbocycles. The van der Waals surface area contributed by atoms with Crippen LogP contribution in [0.2, 0.25) is 0 Å². The molecule has 1 unspecified atom stereocenters. The Morgan fingerprint density at radius 1 is 1.14 bits per heavy atom. The Morgan fingerprint density at radius 3 is 2.54 bits per heavy atom. The van der Waals surface area contributed by atoms with E-state index < -0.39 is 0 Å². The van der Waals surface area contributed by atoms with Gasteiger partial charge in [-0.25, -0.2) is 4.79 Å². The standard InChI is InChI=1S/C21H29N3O4/c1-21(2,3)28-16-6-4-14(5-7-16)15-10-24(11-15)20(26)23-9-8-18-17(12-23)22-19(25)13-27-18/h4-7,15,17-18H,8-13H2,1-3H3,(H,22,25)/t17?,18-/m0/s1. The summed E-state index contributed by atoms with van der Waals surface area (Å²) in [5.74, 6) is 1.13. The van der Waals surface area contributed by atoms with Crippen LogP contribution in [0.1, 0.15) is 38.7 Å². The quantitative estimate of drug-likeness (QED) is 0.842. The van der Waals surface area contributed by atoms with Crippen LogP contribution in [0.3, 0.4) is 0 Å². The smallest absolute Gasteiger partial charge is 0.320 e. The maximum atomic E-state index is 12.8. The molecule has 152 valence electrons. The van der Waals surface area contributed by atoms with E-state index >= 15 is 0 Å². The highest BCUT2D eigenvalue weighted by molar-refractivity contribution is 5.79. The average molecular weight is 387 g/mol. The Morgan fingerprint density at radius 2 is 1.86 bits per heavy atom. The molecule has 7 heteroatoms. The summed E-state index contributed by atoms with van der Waals surface area (Å²) in [7, 11) is 0. The molecule has 1 N–H and O–H groups in total. The normalized spacial score (nSPS) is 25.6. The van der Waals surface area contributed by atoms with Crippen LogP contribution in [0.5, 0.6) is 5.75 Å². The molecule has 1 aromatic rings. The number of benzene rings is 1. The summed E-state index contributed by atoms with van der Waals surface area (Å²) in [6, 6.07) is 8.15. The Bertz CT molecular complexity index is 737. The molecule has 7 nitrogen and oxygen atoms in total. The summed E-state index contributed by atoms with van der Waals surface area (Å²) in [5.41, 5.74) is 1.02. The maximum Gasteiger partial charge on any atom is 0.320 e. The maximum absolute atomic E-state index is 12.8. The first kappa shape index (κ1) is 19.1. The number of urea groups is 1. The van der Waals surface area contributed by atoms with Crippen LogP contribution in [-0.2, 0) is 9.53 Å². The zero-order valence-electron chi connectivity index (χ0n) is 16.8. The minimum atomic E-state index is -0.211. The number of amides is 3. The van der Waals surface area contributed by atoms with Crippen molar-refractivity contribution in [2.24, 2.45) is 0 Å². The van der Waals surface area contributed by atoms with E-state index in [4.69, 9.17) is 9.47 Å². The zero-order valence-corrected chi connectivity index (χ0v) is 16.8. The van der Waals surface area contributed by atoms with Crippen LogP contribution in [0.4, 0.5) is 4.79 Å². The van der Waals surface area contributed by atoms with Gasteiger partial charge in [0.25, 0.3) is 0 Å². The van der Waals surface area contributed by atoms with E-state index in [1.807, 2.05) is 42.7 Å². The fourth-order valence-corrected chi connectivity index (χ4v) is 4.08. The van der Waals surface area contributed by atoms with Gasteiger partial charge in [-0.15, -0.1) is 0 Å². The molecule has 4 rings (SSSR count). The number of carbonyl (C=O) groups is 2. The highest BCUT2D eigenvalue weighted by Crippen LogP contribution is 2.30. The van der Waals surface area contributed by atoms with Crippen molar-refractivity contribution >= 4 is 11.9 Å². The molecule has 0 saturated carbocycles. The lowest BCUT2D eigenvalue weighted by Gasteiger charge is -2.46. The van der Waals surface area contributed by atoms with Gasteiger partial charge in [0, 0.05) is 32.1 Å². The predicted molar refractivity (Wildman–Crippen MR) is 104 cm³/mol. The van der Waals surface area contributed by atoms with Gasteiger partial charge in [-0.2, -0.15) is 0 Å². The Kier molecular flexibility index (Phi) is 4.95. The largest absolute Gasteiger partial charge is 0.488 e. The second-order valence-corrected chi connectivity index (χ2v) is 8.93. The van der Waals surface area contributed by atoms with E-state index in [1.54, 1.807) is 0 Å². The summed E-state index contributed by atoms with van der Waals surface area (Å²) < 4.78 is 11.4. The number of nitrogens with one attached hydrogen (secondary N) is 1. The topological polar surface area (TPSA) is 71.1 Å². The van der Waals surface area contributed by atoms with Gasteiger partial charge >= 0.3 is 6.03 Å². The van der Waals surface area contributed by atoms with Gasteiger partial charge in [0.05, 0.1) is 12.1 Å². The molecule has 3 heterocycles. The fraction of sp³-hybridized carbons (Fsp3) is 0.619. The molecule has 28 heavy (non-hydrogen) atoms. The molecule has 2 atom stereocenters. The number of ether oxygens (including phenoxy) is 2. The number of carbonyl (C=O) groups excluding carboxylic acids is 2. The number of morpholine rings is 1. The second kappa shape index (κ2) is 7.28. The van der Waals surface area contributed by atoms with Crippen molar-refractivity contribution in [2.75, 3.05) is 32.8 Å². The minimum Gasteiger partial charge on any atom is -0.488 e. The molecule has 0 radical (unpaired) electrons. The van der Waals surface area contributed by atoms with Gasteiger partial charge in [0.2, 0.25) is 5.91 Å². The van der Waals surface area contributed by atoms with Crippen molar-refractivity contribution in [3.05, 3.63) is 29.8 Å². The van der Waals surface area contributed by atoms with E-state index in [0.29, 0.717) is 19.0 Å². The van der Waals surface area contributed by atoms with Crippen LogP contribution in [0, 0.1) is 0 Å². The molecule has 0 bridgehead atoms. The first-order valence-corrected chi connectivity index (χ1v) is 10.0. The van der Waals surface area contributed by atoms with E-state index in [2.05, 4.69) is 17.4 Å². The lowest BCUT2D eigenvalue weighted by molar-refractivity contribution is -0.139. The first-order chi connectivity index (χ1) is 13.3. The molecule has 3 amide bonds. The van der Waals surface area contributed by atoms with Gasteiger partial charge in [0.1, 0.15) is 18.0 Å². The number of likely N-dealkylation sites (tertiary alicyclic amines) is 2. The fourth-order valence-electron chi connectivity index (χ4n) is 4.08. The van der Waals surface area contributed by atoms with Gasteiger partial charge in [-0.1, -0.05) is 12.1 Å². The summed E-state index contributed by atoms with van der Waals surface area (Å²) in [6.07, 6.45) is 0.795. The number of piperidine rings is 1. The third kappa shape index (κ3) is 4.09. The van der Waals surface area contributed by atoms with Crippen molar-refractivity contribution < 1.29 is 19.1 Å². The molecular formula is C21H29N3O4. The summed E-state index contributed by atoms with van der Waals surface area (Å²) in [5, 5.41) is 2.95. The molecular weight excluding hydrogens is 358 g/mol. The van der Waals surface area contributed by atoms with Crippen molar-refractivity contribution in [2.45, 2.75) is 50.9 Å². The summed E-state index contributed by atoms with van der Waals surface area (Å²) in [4.78, 5) is 28.1. The number of hydrogen-bond acceptors (Lipinski definition) is 4. The highest BCUT2D eigenvalue weighted by atomic mass is 16.5. The number of rotatable bonds is 2. The molecule has 0 aliphatic carbocycles. The third-order valence-corrected chi connectivity index (χ3v) is 5.52. The van der Waals surface area contributed by atoms with Crippen molar-refractivity contribution in [1.82, 2.24) is 15.1 Å². The molecule has 0 spiro atoms. The number of hydrogen-bond donors (Lipinski definition) is 1. The van der Waals surface area contributed by atoms with Crippen molar-refractivity contribution in [3.8, 4) is 5.75 Å². The van der Waals surface area contributed by atoms with Crippen LogP contribution in [-0.4, -0.2) is 72.3 Å². The van der Waals surface area contributed by atoms with Gasteiger partial charge < -0.3 is 24.6 Å². The third-order valence-electron chi connectivity index (χ3n) is 5.52. The molecule has 0 aromatic heterocycles. The Hall–Kier alpha value is -2.28. The highest BCUT2D eigenvalue weighted by Gasteiger charge is 2.40. The van der Waals surface area contributed by atoms with E-state index in [9.17, 15) is 9.59 Å². The van der Waals surface area contributed by atoms with Crippen LogP contribution in [0.25, 0.3) is 0 Å². The Balaban J connectivity index is 1.29. The van der Waals surface area contributed by atoms with E-state index in [0.717, 1.165) is 25.3 Å². The monoisotopic (exact) mass is 387 g/mol. The van der Waals surface area contributed by atoms with E-state index in [-0.39, 0.29) is 36.3 Å². The van der Waals surface area contributed by atoms with Crippen LogP contribution < -0.4 is 10.1 Å². The van der Waals surface area contributed by atoms with Crippen molar-refractivity contribution in [1.29, 1.82) is 0 Å². The zero-order chi connectivity index (χ0) is 19.9. The summed E-state index contributed by atoms with van der Waals surface area (Å²) >= 11 is 0. The Labute approximate surface area is 166 Å². The minimum absolute atomic E-state index is 0.0275. The van der Waals surface area contributed by atoms with Crippen molar-refractivity contribution in [3.63, 3.8) is 0 Å². The summed E-state index contributed by atoms with van der Waals surface area (Å²) in [6.45, 7) is 8.88. The predicted octanol–water partition coefficient (Wildman–Crippen LogP) is 1.97. The van der Waals surface area contributed by atoms with E-state index in [1.165, 1.54) is 5.56 Å². The number of nitrogens with zero attached hydrogens (tertiary/aromatic N) is 2. The lowest BCUT2D eigenvalue weighted by Crippen LogP contribution is -2.63. The average Bonchev–Trinajstić information content (AvgIpc) is 2.60. The van der Waals surface area contributed by atoms with Crippen LogP contribution >= 0.6 is 0 Å². The molecule has 3 fully saturated rings. The first-order valence-electron chi connectivity index (χ1n) is 10.0. The van der Waals surface area contributed by atoms with Gasteiger partial charge in [-0.3, -0.25) is 4.79 Å². The van der Waals surface area contributed by atoms with Crippen LogP contribution in [0.15, 0.2) is 24.3 Å². The van der Waals surface area contributed by atoms with Gasteiger partial charge in [-0.05, 0) is 44.9 Å². The SMILES string of the molecule is CC(C)(C)Oc1ccc(C2CN(C(=O)N3CC[C@@H]4OCC(=O)NC4C3)C2)cc1. The molecule has 3 aliphatic heterocycles. The second-order valence-electron chi connectivity index (χ2n) is 8.93. The van der Waals surface area contributed by atoms with Gasteiger partial charge in [0.15, 0.2) is 0 Å². The molecule has 3 saturated heterocycles. The lowest BCUT2D eigenvalue weighted by atomic mass is 9.91. The molecule has 3 aliphatic rings. The number of fused-ring (bicyclic) bond motifs is 1.